The highest BCUT2D eigenvalue weighted by Gasteiger charge is 2.23. The van der Waals surface area contributed by atoms with E-state index < -0.39 is 0 Å². The fraction of sp³-hybridized carbons (Fsp3) is 0.643. The van der Waals surface area contributed by atoms with E-state index in [9.17, 15) is 0 Å². The summed E-state index contributed by atoms with van der Waals surface area (Å²) < 4.78 is 5.17. The van der Waals surface area contributed by atoms with Crippen LogP contribution in [-0.2, 0) is 0 Å². The second-order valence-electron chi connectivity index (χ2n) is 4.96. The fourth-order valence-corrected chi connectivity index (χ4v) is 2.60. The Labute approximate surface area is 109 Å². The van der Waals surface area contributed by atoms with Crippen molar-refractivity contribution in [3.05, 3.63) is 18.3 Å². The van der Waals surface area contributed by atoms with E-state index in [1.165, 1.54) is 18.5 Å². The van der Waals surface area contributed by atoms with Gasteiger partial charge < -0.3 is 15.0 Å². The van der Waals surface area contributed by atoms with Gasteiger partial charge in [0.2, 0.25) is 5.88 Å². The number of piperidine rings is 1. The van der Waals surface area contributed by atoms with Gasteiger partial charge in [-0.1, -0.05) is 0 Å². The molecule has 1 N–H and O–H groups in total. The summed E-state index contributed by atoms with van der Waals surface area (Å²) in [7, 11) is 3.71. The van der Waals surface area contributed by atoms with Crippen LogP contribution in [0.4, 0.5) is 5.69 Å². The van der Waals surface area contributed by atoms with Crippen molar-refractivity contribution in [3.8, 4) is 5.88 Å². The number of anilines is 1. The van der Waals surface area contributed by atoms with E-state index in [1.54, 1.807) is 7.11 Å². The van der Waals surface area contributed by atoms with Gasteiger partial charge in [-0.2, -0.15) is 0 Å². The SMILES string of the molecule is CNC(C)C1CCN(c2ccnc(OC)c2)CC1. The topological polar surface area (TPSA) is 37.4 Å². The standard InChI is InChI=1S/C14H23N3O/c1-11(15-2)12-5-8-17(9-6-12)13-4-7-16-14(10-13)18-3/h4,7,10-12,15H,5-6,8-9H2,1-3H3. The molecule has 0 amide bonds. The van der Waals surface area contributed by atoms with Gasteiger partial charge in [-0.25, -0.2) is 4.98 Å². The molecular weight excluding hydrogens is 226 g/mol. The van der Waals surface area contributed by atoms with Crippen LogP contribution in [0.2, 0.25) is 0 Å². The maximum absolute atomic E-state index is 5.17. The molecule has 0 saturated carbocycles. The van der Waals surface area contributed by atoms with Crippen molar-refractivity contribution in [2.24, 2.45) is 5.92 Å². The Morgan fingerprint density at radius 3 is 2.78 bits per heavy atom. The van der Waals surface area contributed by atoms with Gasteiger partial charge in [0, 0.05) is 37.1 Å². The van der Waals surface area contributed by atoms with Gasteiger partial charge in [0.15, 0.2) is 0 Å². The third-order valence-corrected chi connectivity index (χ3v) is 3.99. The Morgan fingerprint density at radius 1 is 1.44 bits per heavy atom. The molecule has 1 fully saturated rings. The Balaban J connectivity index is 1.96. The molecule has 1 saturated heterocycles. The van der Waals surface area contributed by atoms with Crippen LogP contribution in [0.25, 0.3) is 0 Å². The zero-order chi connectivity index (χ0) is 13.0. The van der Waals surface area contributed by atoms with Crippen molar-refractivity contribution in [1.82, 2.24) is 10.3 Å². The number of rotatable bonds is 4. The normalized spacial score (nSPS) is 18.7. The minimum atomic E-state index is 0.610. The van der Waals surface area contributed by atoms with Gasteiger partial charge in [0.25, 0.3) is 0 Å². The highest BCUT2D eigenvalue weighted by Crippen LogP contribution is 2.26. The minimum Gasteiger partial charge on any atom is -0.481 e. The Bertz CT molecular complexity index is 375. The predicted molar refractivity (Wildman–Crippen MR) is 74.2 cm³/mol. The molecule has 4 heteroatoms. The monoisotopic (exact) mass is 249 g/mol. The predicted octanol–water partition coefficient (Wildman–Crippen LogP) is 1.91. The summed E-state index contributed by atoms with van der Waals surface area (Å²) in [6, 6.07) is 4.69. The molecule has 0 aromatic carbocycles. The molecule has 100 valence electrons. The van der Waals surface area contributed by atoms with Gasteiger partial charge in [-0.3, -0.25) is 0 Å². The molecule has 1 aromatic heterocycles. The maximum atomic E-state index is 5.17. The lowest BCUT2D eigenvalue weighted by atomic mass is 9.90. The quantitative estimate of drug-likeness (QED) is 0.884. The zero-order valence-electron chi connectivity index (χ0n) is 11.5. The second-order valence-corrected chi connectivity index (χ2v) is 4.96. The van der Waals surface area contributed by atoms with Gasteiger partial charge >= 0.3 is 0 Å². The fourth-order valence-electron chi connectivity index (χ4n) is 2.60. The Morgan fingerprint density at radius 2 is 2.17 bits per heavy atom. The number of aromatic nitrogens is 1. The van der Waals surface area contributed by atoms with E-state index in [2.05, 4.69) is 28.2 Å². The van der Waals surface area contributed by atoms with E-state index in [0.717, 1.165) is 19.0 Å². The Kier molecular flexibility index (Phi) is 4.42. The summed E-state index contributed by atoms with van der Waals surface area (Å²) in [5.41, 5.74) is 1.22. The molecule has 0 bridgehead atoms. The summed E-state index contributed by atoms with van der Waals surface area (Å²) >= 11 is 0. The number of hydrogen-bond acceptors (Lipinski definition) is 4. The number of ether oxygens (including phenoxy) is 1. The van der Waals surface area contributed by atoms with Crippen LogP contribution in [0.5, 0.6) is 5.88 Å². The van der Waals surface area contributed by atoms with Gasteiger partial charge in [-0.15, -0.1) is 0 Å². The first-order valence-electron chi connectivity index (χ1n) is 6.67. The summed E-state index contributed by atoms with van der Waals surface area (Å²) in [6.07, 6.45) is 4.30. The number of pyridine rings is 1. The molecule has 0 aliphatic carbocycles. The molecule has 1 aliphatic rings. The number of nitrogens with one attached hydrogen (secondary N) is 1. The zero-order valence-corrected chi connectivity index (χ0v) is 11.5. The smallest absolute Gasteiger partial charge is 0.214 e. The third kappa shape index (κ3) is 2.93. The molecule has 1 atom stereocenters. The highest BCUT2D eigenvalue weighted by molar-refractivity contribution is 5.48. The Hall–Kier alpha value is -1.29. The van der Waals surface area contributed by atoms with Gasteiger partial charge in [0.05, 0.1) is 7.11 Å². The average Bonchev–Trinajstić information content (AvgIpc) is 2.46. The molecule has 1 aromatic rings. The summed E-state index contributed by atoms with van der Waals surface area (Å²) in [4.78, 5) is 6.57. The number of nitrogens with zero attached hydrogens (tertiary/aromatic N) is 2. The molecule has 18 heavy (non-hydrogen) atoms. The van der Waals surface area contributed by atoms with Gasteiger partial charge in [0.1, 0.15) is 0 Å². The number of methoxy groups -OCH3 is 1. The van der Waals surface area contributed by atoms with Crippen LogP contribution in [0.15, 0.2) is 18.3 Å². The molecular formula is C14H23N3O. The average molecular weight is 249 g/mol. The first kappa shape index (κ1) is 13.1. The lowest BCUT2D eigenvalue weighted by molar-refractivity contribution is 0.323. The first-order chi connectivity index (χ1) is 8.74. The first-order valence-corrected chi connectivity index (χ1v) is 6.67. The molecule has 2 rings (SSSR count). The molecule has 1 unspecified atom stereocenters. The van der Waals surface area contributed by atoms with Crippen molar-refractivity contribution in [2.45, 2.75) is 25.8 Å². The van der Waals surface area contributed by atoms with Gasteiger partial charge in [-0.05, 0) is 38.8 Å². The van der Waals surface area contributed by atoms with E-state index in [4.69, 9.17) is 4.74 Å². The van der Waals surface area contributed by atoms with Crippen LogP contribution in [-0.4, -0.2) is 38.3 Å². The lowest BCUT2D eigenvalue weighted by Gasteiger charge is -2.36. The molecule has 1 aliphatic heterocycles. The highest BCUT2D eigenvalue weighted by atomic mass is 16.5. The molecule has 0 spiro atoms. The van der Waals surface area contributed by atoms with Crippen LogP contribution < -0.4 is 15.0 Å². The summed E-state index contributed by atoms with van der Waals surface area (Å²) in [6.45, 7) is 4.50. The maximum Gasteiger partial charge on any atom is 0.214 e. The van der Waals surface area contributed by atoms with E-state index in [1.807, 2.05) is 19.3 Å². The van der Waals surface area contributed by atoms with Crippen molar-refractivity contribution in [1.29, 1.82) is 0 Å². The summed E-state index contributed by atoms with van der Waals surface area (Å²) in [5.74, 6) is 1.48. The van der Waals surface area contributed by atoms with Crippen LogP contribution in [0.1, 0.15) is 19.8 Å². The van der Waals surface area contributed by atoms with Crippen LogP contribution in [0, 0.1) is 5.92 Å². The van der Waals surface area contributed by atoms with E-state index in [0.29, 0.717) is 11.9 Å². The minimum absolute atomic E-state index is 0.610. The molecule has 2 heterocycles. The van der Waals surface area contributed by atoms with E-state index in [-0.39, 0.29) is 0 Å². The number of hydrogen-bond donors (Lipinski definition) is 1. The molecule has 0 radical (unpaired) electrons. The van der Waals surface area contributed by atoms with E-state index >= 15 is 0 Å². The van der Waals surface area contributed by atoms with Crippen molar-refractivity contribution in [3.63, 3.8) is 0 Å². The third-order valence-electron chi connectivity index (χ3n) is 3.99. The van der Waals surface area contributed by atoms with Crippen molar-refractivity contribution >= 4 is 5.69 Å². The van der Waals surface area contributed by atoms with Crippen molar-refractivity contribution < 1.29 is 4.74 Å². The second kappa shape index (κ2) is 6.05. The van der Waals surface area contributed by atoms with Crippen LogP contribution >= 0.6 is 0 Å². The summed E-state index contributed by atoms with van der Waals surface area (Å²) in [5, 5.41) is 3.36. The lowest BCUT2D eigenvalue weighted by Crippen LogP contribution is -2.40. The largest absolute Gasteiger partial charge is 0.481 e. The molecule has 4 nitrogen and oxygen atoms in total. The van der Waals surface area contributed by atoms with Crippen LogP contribution in [0.3, 0.4) is 0 Å². The van der Waals surface area contributed by atoms with Crippen molar-refractivity contribution in [2.75, 3.05) is 32.1 Å².